The summed E-state index contributed by atoms with van der Waals surface area (Å²) in [5.41, 5.74) is 1.29. The number of carbonyl (C=O) groups is 1. The second kappa shape index (κ2) is 5.82. The Morgan fingerprint density at radius 3 is 2.65 bits per heavy atom. The molecule has 1 aromatic rings. The molecule has 0 aliphatic heterocycles. The van der Waals surface area contributed by atoms with E-state index in [0.29, 0.717) is 18.2 Å². The predicted molar refractivity (Wildman–Crippen MR) is 65.7 cm³/mol. The van der Waals surface area contributed by atoms with Crippen LogP contribution in [0.2, 0.25) is 0 Å². The topological polar surface area (TPSA) is 67.2 Å². The second-order valence-electron chi connectivity index (χ2n) is 4.69. The van der Waals surface area contributed by atoms with Gasteiger partial charge in [-0.15, -0.1) is 0 Å². The van der Waals surface area contributed by atoms with Gasteiger partial charge in [-0.3, -0.25) is 4.79 Å². The third-order valence-electron chi connectivity index (χ3n) is 3.04. The number of hydrogen-bond donors (Lipinski definition) is 2. The lowest BCUT2D eigenvalue weighted by Crippen LogP contribution is -2.34. The zero-order valence-corrected chi connectivity index (χ0v) is 10.9. The van der Waals surface area contributed by atoms with Crippen LogP contribution in [0.15, 0.2) is 6.33 Å². The number of carbonyl (C=O) groups excluding carboxylic acids is 1. The number of aryl methyl sites for hydroxylation is 2. The minimum absolute atomic E-state index is 0.0856. The number of rotatable bonds is 5. The van der Waals surface area contributed by atoms with Crippen LogP contribution in [0.5, 0.6) is 0 Å². The van der Waals surface area contributed by atoms with Crippen LogP contribution >= 0.6 is 0 Å². The molecule has 1 aromatic heterocycles. The van der Waals surface area contributed by atoms with Gasteiger partial charge in [-0.05, 0) is 12.8 Å². The molecule has 17 heavy (non-hydrogen) atoms. The number of hydrogen-bond acceptors (Lipinski definition) is 3. The van der Waals surface area contributed by atoms with Crippen molar-refractivity contribution in [3.8, 4) is 0 Å². The summed E-state index contributed by atoms with van der Waals surface area (Å²) in [5.74, 6) is 0.294. The van der Waals surface area contributed by atoms with Crippen molar-refractivity contribution in [1.82, 2.24) is 14.9 Å². The van der Waals surface area contributed by atoms with Crippen molar-refractivity contribution < 1.29 is 9.90 Å². The number of nitrogens with one attached hydrogen (secondary N) is 1. The van der Waals surface area contributed by atoms with Crippen LogP contribution in [0.4, 0.5) is 0 Å². The zero-order valence-electron chi connectivity index (χ0n) is 10.9. The molecule has 0 radical (unpaired) electrons. The number of aliphatic hydroxyl groups is 1. The third kappa shape index (κ3) is 3.30. The van der Waals surface area contributed by atoms with Gasteiger partial charge in [0.25, 0.3) is 5.91 Å². The van der Waals surface area contributed by atoms with Crippen molar-refractivity contribution in [2.24, 2.45) is 18.9 Å². The number of imidazole rings is 1. The maximum Gasteiger partial charge on any atom is 0.269 e. The second-order valence-corrected chi connectivity index (χ2v) is 4.69. The first-order valence-corrected chi connectivity index (χ1v) is 5.84. The van der Waals surface area contributed by atoms with E-state index in [1.54, 1.807) is 24.9 Å². The first kappa shape index (κ1) is 13.7. The quantitative estimate of drug-likeness (QED) is 0.795. The van der Waals surface area contributed by atoms with Gasteiger partial charge in [-0.25, -0.2) is 4.98 Å². The van der Waals surface area contributed by atoms with Crippen LogP contribution in [0.25, 0.3) is 0 Å². The average Bonchev–Trinajstić information content (AvgIpc) is 2.58. The maximum atomic E-state index is 11.9. The van der Waals surface area contributed by atoms with E-state index in [9.17, 15) is 9.90 Å². The first-order chi connectivity index (χ1) is 7.97. The third-order valence-corrected chi connectivity index (χ3v) is 3.04. The Labute approximate surface area is 102 Å². The number of amides is 1. The molecule has 5 heteroatoms. The fraction of sp³-hybridized carbons (Fsp3) is 0.667. The van der Waals surface area contributed by atoms with Gasteiger partial charge in [-0.1, -0.05) is 13.8 Å². The largest absolute Gasteiger partial charge is 0.396 e. The molecular weight excluding hydrogens is 218 g/mol. The van der Waals surface area contributed by atoms with Crippen molar-refractivity contribution in [3.05, 3.63) is 17.7 Å². The van der Waals surface area contributed by atoms with Gasteiger partial charge in [0.1, 0.15) is 5.69 Å². The highest BCUT2D eigenvalue weighted by atomic mass is 16.3. The van der Waals surface area contributed by atoms with Crippen LogP contribution in [-0.2, 0) is 7.05 Å². The zero-order chi connectivity index (χ0) is 13.0. The Morgan fingerprint density at radius 1 is 1.59 bits per heavy atom. The average molecular weight is 239 g/mol. The van der Waals surface area contributed by atoms with Crippen molar-refractivity contribution in [1.29, 1.82) is 0 Å². The van der Waals surface area contributed by atoms with Gasteiger partial charge in [0.05, 0.1) is 12.0 Å². The van der Waals surface area contributed by atoms with Gasteiger partial charge >= 0.3 is 0 Å². The fourth-order valence-electron chi connectivity index (χ4n) is 1.69. The summed E-state index contributed by atoms with van der Waals surface area (Å²) in [7, 11) is 1.79. The monoisotopic (exact) mass is 239 g/mol. The molecule has 1 atom stereocenters. The molecule has 5 nitrogen and oxygen atoms in total. The summed E-state index contributed by atoms with van der Waals surface area (Å²) in [6, 6.07) is 0. The molecule has 1 heterocycles. The van der Waals surface area contributed by atoms with Crippen LogP contribution < -0.4 is 5.32 Å². The lowest BCUT2D eigenvalue weighted by molar-refractivity contribution is 0.0922. The lowest BCUT2D eigenvalue weighted by atomic mass is 9.97. The normalized spacial score (nSPS) is 12.8. The molecule has 0 bridgehead atoms. The molecule has 1 rings (SSSR count). The van der Waals surface area contributed by atoms with E-state index in [1.807, 2.05) is 13.8 Å². The van der Waals surface area contributed by atoms with Crippen LogP contribution in [-0.4, -0.2) is 33.7 Å². The van der Waals surface area contributed by atoms with E-state index in [2.05, 4.69) is 10.3 Å². The molecule has 0 fully saturated rings. The van der Waals surface area contributed by atoms with E-state index in [0.717, 1.165) is 5.69 Å². The molecule has 0 spiro atoms. The summed E-state index contributed by atoms with van der Waals surface area (Å²) in [6.07, 6.45) is 1.62. The van der Waals surface area contributed by atoms with Crippen molar-refractivity contribution in [3.63, 3.8) is 0 Å². The Morgan fingerprint density at radius 2 is 2.24 bits per heavy atom. The van der Waals surface area contributed by atoms with Gasteiger partial charge < -0.3 is 15.0 Å². The Bertz CT molecular complexity index is 366. The summed E-state index contributed by atoms with van der Waals surface area (Å²) in [6.45, 7) is 6.44. The van der Waals surface area contributed by atoms with E-state index in [4.69, 9.17) is 0 Å². The summed E-state index contributed by atoms with van der Waals surface area (Å²) in [4.78, 5) is 16.0. The van der Waals surface area contributed by atoms with Gasteiger partial charge in [0, 0.05) is 26.1 Å². The number of nitrogens with zero attached hydrogens (tertiary/aromatic N) is 2. The standard InChI is InChI=1S/C12H21N3O2/c1-8(2)10(6-16)5-13-12(17)11-9(3)14-7-15(11)4/h7-8,10,16H,5-6H2,1-4H3,(H,13,17)/t10-/m0/s1. The van der Waals surface area contributed by atoms with E-state index in [1.165, 1.54) is 0 Å². The van der Waals surface area contributed by atoms with Crippen molar-refractivity contribution in [2.45, 2.75) is 20.8 Å². The fourth-order valence-corrected chi connectivity index (χ4v) is 1.69. The molecule has 1 amide bonds. The number of aliphatic hydroxyl groups excluding tert-OH is 1. The van der Waals surface area contributed by atoms with E-state index in [-0.39, 0.29) is 18.4 Å². The van der Waals surface area contributed by atoms with Gasteiger partial charge in [0.2, 0.25) is 0 Å². The minimum atomic E-state index is -0.137. The molecule has 0 saturated heterocycles. The van der Waals surface area contributed by atoms with Crippen LogP contribution in [0.1, 0.15) is 30.0 Å². The van der Waals surface area contributed by atoms with Crippen molar-refractivity contribution >= 4 is 5.91 Å². The molecular formula is C12H21N3O2. The van der Waals surface area contributed by atoms with Gasteiger partial charge in [-0.2, -0.15) is 0 Å². The molecule has 0 aromatic carbocycles. The van der Waals surface area contributed by atoms with E-state index >= 15 is 0 Å². The molecule has 0 saturated carbocycles. The smallest absolute Gasteiger partial charge is 0.269 e. The molecule has 2 N–H and O–H groups in total. The minimum Gasteiger partial charge on any atom is -0.396 e. The number of aromatic nitrogens is 2. The Balaban J connectivity index is 2.62. The summed E-state index contributed by atoms with van der Waals surface area (Å²) in [5, 5.41) is 12.0. The van der Waals surface area contributed by atoms with E-state index < -0.39 is 0 Å². The predicted octanol–water partition coefficient (Wildman–Crippen LogP) is 0.723. The Hall–Kier alpha value is -1.36. The van der Waals surface area contributed by atoms with Crippen LogP contribution in [0, 0.1) is 18.8 Å². The molecule has 0 aliphatic rings. The summed E-state index contributed by atoms with van der Waals surface area (Å²) >= 11 is 0. The molecule has 0 unspecified atom stereocenters. The Kier molecular flexibility index (Phi) is 4.69. The highest BCUT2D eigenvalue weighted by Crippen LogP contribution is 2.09. The summed E-state index contributed by atoms with van der Waals surface area (Å²) < 4.78 is 1.70. The first-order valence-electron chi connectivity index (χ1n) is 5.84. The SMILES string of the molecule is Cc1ncn(C)c1C(=O)NC[C@@H](CO)C(C)C. The maximum absolute atomic E-state index is 11.9. The highest BCUT2D eigenvalue weighted by Gasteiger charge is 2.17. The van der Waals surface area contributed by atoms with Crippen LogP contribution in [0.3, 0.4) is 0 Å². The lowest BCUT2D eigenvalue weighted by Gasteiger charge is -2.18. The van der Waals surface area contributed by atoms with Crippen molar-refractivity contribution in [2.75, 3.05) is 13.2 Å². The molecule has 96 valence electrons. The van der Waals surface area contributed by atoms with Gasteiger partial charge in [0.15, 0.2) is 0 Å². The highest BCUT2D eigenvalue weighted by molar-refractivity contribution is 5.93. The molecule has 0 aliphatic carbocycles.